The van der Waals surface area contributed by atoms with Gasteiger partial charge >= 0.3 is 0 Å². The number of aromatic nitrogens is 3. The van der Waals surface area contributed by atoms with E-state index in [2.05, 4.69) is 27.4 Å². The average molecular weight is 396 g/mol. The molecule has 4 rings (SSSR count). The van der Waals surface area contributed by atoms with Crippen LogP contribution in [0, 0.1) is 6.92 Å². The second-order valence-corrected chi connectivity index (χ2v) is 7.69. The van der Waals surface area contributed by atoms with Crippen molar-refractivity contribution in [2.24, 2.45) is 0 Å². The number of aromatic amines is 1. The fourth-order valence-corrected chi connectivity index (χ4v) is 4.04. The van der Waals surface area contributed by atoms with Crippen LogP contribution in [0.15, 0.2) is 36.9 Å². The van der Waals surface area contributed by atoms with Gasteiger partial charge in [-0.2, -0.15) is 0 Å². The summed E-state index contributed by atoms with van der Waals surface area (Å²) in [5.74, 6) is -0.0393. The molecule has 2 heterocycles. The van der Waals surface area contributed by atoms with Crippen LogP contribution >= 0.6 is 0 Å². The van der Waals surface area contributed by atoms with Crippen LogP contribution in [0.3, 0.4) is 0 Å². The van der Waals surface area contributed by atoms with Crippen LogP contribution in [0.25, 0.3) is 16.6 Å². The van der Waals surface area contributed by atoms with Gasteiger partial charge in [-0.15, -0.1) is 0 Å². The molecular weight excluding hydrogens is 368 g/mol. The van der Waals surface area contributed by atoms with Gasteiger partial charge in [0.1, 0.15) is 0 Å². The number of H-pyrrole nitrogens is 1. The number of aryl methyl sites for hydroxylation is 1. The smallest absolute Gasteiger partial charge is 0.253 e. The summed E-state index contributed by atoms with van der Waals surface area (Å²) in [6.45, 7) is 3.25. The number of fused-ring (bicyclic) bond motifs is 1. The first-order valence-electron chi connectivity index (χ1n) is 10.2. The predicted octanol–water partition coefficient (Wildman–Crippen LogP) is 3.37. The van der Waals surface area contributed by atoms with Crippen molar-refractivity contribution in [1.29, 1.82) is 0 Å². The molecular formula is C22H28N4O3. The van der Waals surface area contributed by atoms with Crippen LogP contribution in [0.1, 0.15) is 41.7 Å². The van der Waals surface area contributed by atoms with Gasteiger partial charge in [-0.05, 0) is 50.8 Å². The number of carbonyl (C=O) groups is 1. The Bertz CT molecular complexity index is 956. The third-order valence-electron chi connectivity index (χ3n) is 5.55. The van der Waals surface area contributed by atoms with Gasteiger partial charge < -0.3 is 24.3 Å². The Hall–Kier alpha value is -2.64. The van der Waals surface area contributed by atoms with Crippen molar-refractivity contribution >= 4 is 16.8 Å². The van der Waals surface area contributed by atoms with Crippen LogP contribution in [-0.2, 0) is 9.47 Å². The van der Waals surface area contributed by atoms with Crippen molar-refractivity contribution in [1.82, 2.24) is 19.9 Å². The van der Waals surface area contributed by atoms with Gasteiger partial charge in [-0.1, -0.05) is 0 Å². The molecule has 154 valence electrons. The summed E-state index contributed by atoms with van der Waals surface area (Å²) in [5, 5.41) is 4.26. The van der Waals surface area contributed by atoms with Crippen LogP contribution in [0.5, 0.6) is 0 Å². The second kappa shape index (κ2) is 8.80. The standard InChI is InChI=1S/C22H28N4O3/c1-15-11-16-12-18(26-8-7-23-14-26)13-20(21(16)24-15)22(27)25-17-3-5-19(6-4-17)29-10-9-28-2/h7-8,11-14,17,19,24H,3-6,9-10H2,1-2H3,(H,25,27). The molecule has 3 aromatic rings. The van der Waals surface area contributed by atoms with Crippen LogP contribution in [-0.4, -0.2) is 52.9 Å². The van der Waals surface area contributed by atoms with Crippen LogP contribution < -0.4 is 5.32 Å². The van der Waals surface area contributed by atoms with Crippen molar-refractivity contribution in [3.05, 3.63) is 48.2 Å². The zero-order valence-electron chi connectivity index (χ0n) is 17.0. The first-order valence-corrected chi connectivity index (χ1v) is 10.2. The number of benzene rings is 1. The highest BCUT2D eigenvalue weighted by molar-refractivity contribution is 6.07. The highest BCUT2D eigenvalue weighted by Crippen LogP contribution is 2.26. The normalized spacial score (nSPS) is 19.5. The lowest BCUT2D eigenvalue weighted by molar-refractivity contribution is -0.00408. The molecule has 1 saturated carbocycles. The molecule has 2 aromatic heterocycles. The zero-order valence-corrected chi connectivity index (χ0v) is 17.0. The Labute approximate surface area is 170 Å². The minimum absolute atomic E-state index is 0.0393. The Morgan fingerprint density at radius 1 is 1.24 bits per heavy atom. The van der Waals surface area contributed by atoms with Gasteiger partial charge in [0.15, 0.2) is 0 Å². The van der Waals surface area contributed by atoms with E-state index in [1.807, 2.05) is 23.8 Å². The average Bonchev–Trinajstić information content (AvgIpc) is 3.37. The Morgan fingerprint density at radius 3 is 2.79 bits per heavy atom. The summed E-state index contributed by atoms with van der Waals surface area (Å²) >= 11 is 0. The Kier molecular flexibility index (Phi) is 5.97. The molecule has 0 saturated heterocycles. The number of methoxy groups -OCH3 is 1. The van der Waals surface area contributed by atoms with Gasteiger partial charge in [0.05, 0.1) is 36.7 Å². The summed E-state index contributed by atoms with van der Waals surface area (Å²) in [7, 11) is 1.68. The summed E-state index contributed by atoms with van der Waals surface area (Å²) in [6.07, 6.45) is 9.40. The molecule has 0 bridgehead atoms. The number of nitrogens with one attached hydrogen (secondary N) is 2. The lowest BCUT2D eigenvalue weighted by Crippen LogP contribution is -2.39. The lowest BCUT2D eigenvalue weighted by Gasteiger charge is -2.29. The molecule has 1 aliphatic carbocycles. The summed E-state index contributed by atoms with van der Waals surface area (Å²) < 4.78 is 12.8. The van der Waals surface area contributed by atoms with Gasteiger partial charge in [-0.3, -0.25) is 4.79 Å². The molecule has 0 unspecified atom stereocenters. The third kappa shape index (κ3) is 4.52. The quantitative estimate of drug-likeness (QED) is 0.600. The minimum atomic E-state index is -0.0393. The molecule has 0 aliphatic heterocycles. The van der Waals surface area contributed by atoms with E-state index >= 15 is 0 Å². The van der Waals surface area contributed by atoms with Crippen molar-refractivity contribution in [3.8, 4) is 5.69 Å². The SMILES string of the molecule is COCCOC1CCC(NC(=O)c2cc(-n3ccnc3)cc3cc(C)[nH]c23)CC1. The number of ether oxygens (including phenoxy) is 2. The van der Waals surface area contributed by atoms with Gasteiger partial charge in [0.25, 0.3) is 5.91 Å². The maximum atomic E-state index is 13.1. The maximum absolute atomic E-state index is 13.1. The second-order valence-electron chi connectivity index (χ2n) is 7.69. The van der Waals surface area contributed by atoms with E-state index in [1.54, 1.807) is 19.6 Å². The Balaban J connectivity index is 1.47. The largest absolute Gasteiger partial charge is 0.382 e. The highest BCUT2D eigenvalue weighted by Gasteiger charge is 2.24. The lowest BCUT2D eigenvalue weighted by atomic mass is 9.92. The predicted molar refractivity (Wildman–Crippen MR) is 111 cm³/mol. The number of amides is 1. The molecule has 1 aromatic carbocycles. The molecule has 1 amide bonds. The van der Waals surface area contributed by atoms with Crippen LogP contribution in [0.2, 0.25) is 0 Å². The molecule has 0 radical (unpaired) electrons. The number of nitrogens with zero attached hydrogens (tertiary/aromatic N) is 2. The summed E-state index contributed by atoms with van der Waals surface area (Å²) in [5.41, 5.74) is 3.50. The van der Waals surface area contributed by atoms with E-state index in [4.69, 9.17) is 9.47 Å². The number of imidazole rings is 1. The van der Waals surface area contributed by atoms with E-state index in [0.29, 0.717) is 18.8 Å². The summed E-state index contributed by atoms with van der Waals surface area (Å²) in [4.78, 5) is 20.6. The third-order valence-corrected chi connectivity index (χ3v) is 5.55. The van der Waals surface area contributed by atoms with Gasteiger partial charge in [-0.25, -0.2) is 4.98 Å². The molecule has 0 atom stereocenters. The van der Waals surface area contributed by atoms with E-state index in [-0.39, 0.29) is 18.1 Å². The van der Waals surface area contributed by atoms with Crippen molar-refractivity contribution in [2.45, 2.75) is 44.8 Å². The zero-order chi connectivity index (χ0) is 20.2. The molecule has 2 N–H and O–H groups in total. The Morgan fingerprint density at radius 2 is 2.07 bits per heavy atom. The maximum Gasteiger partial charge on any atom is 0.253 e. The fraction of sp³-hybridized carbons (Fsp3) is 0.455. The molecule has 7 nitrogen and oxygen atoms in total. The van der Waals surface area contributed by atoms with Crippen molar-refractivity contribution < 1.29 is 14.3 Å². The molecule has 0 spiro atoms. The van der Waals surface area contributed by atoms with E-state index in [0.717, 1.165) is 48.0 Å². The fourth-order valence-electron chi connectivity index (χ4n) is 4.04. The highest BCUT2D eigenvalue weighted by atomic mass is 16.5. The number of rotatable bonds is 7. The van der Waals surface area contributed by atoms with E-state index < -0.39 is 0 Å². The topological polar surface area (TPSA) is 81.2 Å². The molecule has 1 fully saturated rings. The van der Waals surface area contributed by atoms with E-state index in [1.165, 1.54) is 0 Å². The number of hydrogen-bond acceptors (Lipinski definition) is 4. The molecule has 29 heavy (non-hydrogen) atoms. The monoisotopic (exact) mass is 396 g/mol. The van der Waals surface area contributed by atoms with Crippen molar-refractivity contribution in [2.75, 3.05) is 20.3 Å². The molecule has 7 heteroatoms. The first kappa shape index (κ1) is 19.7. The number of carbonyl (C=O) groups excluding carboxylic acids is 1. The van der Waals surface area contributed by atoms with Gasteiger partial charge in [0.2, 0.25) is 0 Å². The summed E-state index contributed by atoms with van der Waals surface area (Å²) in [6, 6.07) is 6.23. The first-order chi connectivity index (χ1) is 14.1. The van der Waals surface area contributed by atoms with E-state index in [9.17, 15) is 4.79 Å². The minimum Gasteiger partial charge on any atom is -0.382 e. The van der Waals surface area contributed by atoms with Gasteiger partial charge in [0, 0.05) is 42.3 Å². The number of hydrogen-bond donors (Lipinski definition) is 2. The molecule has 1 aliphatic rings. The van der Waals surface area contributed by atoms with Crippen LogP contribution in [0.4, 0.5) is 0 Å². The van der Waals surface area contributed by atoms with Crippen molar-refractivity contribution in [3.63, 3.8) is 0 Å².